The maximum absolute atomic E-state index is 11.5. The zero-order valence-electron chi connectivity index (χ0n) is 10.5. The van der Waals surface area contributed by atoms with Gasteiger partial charge in [0.05, 0.1) is 17.6 Å². The van der Waals surface area contributed by atoms with Gasteiger partial charge in [0.15, 0.2) is 0 Å². The standard InChI is InChI=1S/C13H12N2O4/c1-8(15(17)18)5-10-7-14-12-4-3-9(6-11(10)12)13(16)19-2/h3-7,14H,1-2H3/b8-5+. The Morgan fingerprint density at radius 3 is 2.84 bits per heavy atom. The number of methoxy groups -OCH3 is 1. The fourth-order valence-electron chi connectivity index (χ4n) is 1.78. The predicted molar refractivity (Wildman–Crippen MR) is 70.3 cm³/mol. The topological polar surface area (TPSA) is 85.2 Å². The van der Waals surface area contributed by atoms with Crippen LogP contribution in [-0.4, -0.2) is 23.0 Å². The van der Waals surface area contributed by atoms with Gasteiger partial charge in [-0.05, 0) is 18.2 Å². The van der Waals surface area contributed by atoms with E-state index < -0.39 is 10.9 Å². The van der Waals surface area contributed by atoms with Crippen molar-refractivity contribution >= 4 is 22.9 Å². The van der Waals surface area contributed by atoms with Crippen LogP contribution in [-0.2, 0) is 4.74 Å². The third-order valence-corrected chi connectivity index (χ3v) is 2.79. The molecular formula is C13H12N2O4. The third-order valence-electron chi connectivity index (χ3n) is 2.79. The fourth-order valence-corrected chi connectivity index (χ4v) is 1.78. The maximum Gasteiger partial charge on any atom is 0.337 e. The van der Waals surface area contributed by atoms with Crippen molar-refractivity contribution in [2.24, 2.45) is 0 Å². The minimum Gasteiger partial charge on any atom is -0.465 e. The first kappa shape index (κ1) is 12.8. The highest BCUT2D eigenvalue weighted by atomic mass is 16.6. The summed E-state index contributed by atoms with van der Waals surface area (Å²) in [7, 11) is 1.31. The smallest absolute Gasteiger partial charge is 0.337 e. The molecule has 2 rings (SSSR count). The van der Waals surface area contributed by atoms with E-state index in [9.17, 15) is 14.9 Å². The molecule has 0 aliphatic rings. The number of esters is 1. The van der Waals surface area contributed by atoms with Gasteiger partial charge in [-0.3, -0.25) is 10.1 Å². The average Bonchev–Trinajstić information content (AvgIpc) is 2.80. The van der Waals surface area contributed by atoms with Gasteiger partial charge in [-0.15, -0.1) is 0 Å². The van der Waals surface area contributed by atoms with E-state index in [2.05, 4.69) is 9.72 Å². The molecule has 0 saturated heterocycles. The molecule has 6 nitrogen and oxygen atoms in total. The molecule has 98 valence electrons. The number of H-pyrrole nitrogens is 1. The van der Waals surface area contributed by atoms with E-state index in [1.165, 1.54) is 20.1 Å². The Bertz CT molecular complexity index is 685. The van der Waals surface area contributed by atoms with Crippen LogP contribution < -0.4 is 0 Å². The molecule has 2 aromatic rings. The van der Waals surface area contributed by atoms with Gasteiger partial charge >= 0.3 is 5.97 Å². The highest BCUT2D eigenvalue weighted by molar-refractivity contribution is 5.97. The van der Waals surface area contributed by atoms with Crippen molar-refractivity contribution < 1.29 is 14.5 Å². The zero-order valence-corrected chi connectivity index (χ0v) is 10.5. The van der Waals surface area contributed by atoms with Crippen molar-refractivity contribution in [3.63, 3.8) is 0 Å². The Morgan fingerprint density at radius 2 is 2.21 bits per heavy atom. The van der Waals surface area contributed by atoms with E-state index in [0.717, 1.165) is 10.9 Å². The second kappa shape index (κ2) is 4.93. The van der Waals surface area contributed by atoms with Gasteiger partial charge in [0.2, 0.25) is 5.70 Å². The van der Waals surface area contributed by atoms with Crippen molar-refractivity contribution in [2.75, 3.05) is 7.11 Å². The number of ether oxygens (including phenoxy) is 1. The van der Waals surface area contributed by atoms with E-state index in [1.807, 2.05) is 0 Å². The van der Waals surface area contributed by atoms with Gasteiger partial charge in [-0.2, -0.15) is 0 Å². The van der Waals surface area contributed by atoms with Crippen molar-refractivity contribution in [1.29, 1.82) is 0 Å². The van der Waals surface area contributed by atoms with Crippen molar-refractivity contribution in [3.8, 4) is 0 Å². The second-order valence-corrected chi connectivity index (χ2v) is 4.04. The fraction of sp³-hybridized carbons (Fsp3) is 0.154. The van der Waals surface area contributed by atoms with Gasteiger partial charge in [0.1, 0.15) is 0 Å². The first-order chi connectivity index (χ1) is 9.02. The monoisotopic (exact) mass is 260 g/mol. The Morgan fingerprint density at radius 1 is 1.47 bits per heavy atom. The van der Waals surface area contributed by atoms with Crippen LogP contribution in [0.1, 0.15) is 22.8 Å². The molecule has 0 spiro atoms. The Hall–Kier alpha value is -2.63. The summed E-state index contributed by atoms with van der Waals surface area (Å²) in [6.45, 7) is 1.42. The Labute approximate surface area is 108 Å². The number of allylic oxidation sites excluding steroid dienone is 1. The third kappa shape index (κ3) is 2.47. The lowest BCUT2D eigenvalue weighted by Crippen LogP contribution is -2.00. The highest BCUT2D eigenvalue weighted by Crippen LogP contribution is 2.22. The molecule has 1 heterocycles. The van der Waals surface area contributed by atoms with Crippen LogP contribution in [0.2, 0.25) is 0 Å². The van der Waals surface area contributed by atoms with Crippen LogP contribution in [0.5, 0.6) is 0 Å². The van der Waals surface area contributed by atoms with Crippen LogP contribution in [0, 0.1) is 10.1 Å². The van der Waals surface area contributed by atoms with Gasteiger partial charge in [-0.25, -0.2) is 4.79 Å². The summed E-state index contributed by atoms with van der Waals surface area (Å²) < 4.78 is 4.65. The summed E-state index contributed by atoms with van der Waals surface area (Å²) in [4.78, 5) is 24.6. The molecule has 0 aliphatic heterocycles. The average molecular weight is 260 g/mol. The molecule has 0 aliphatic carbocycles. The lowest BCUT2D eigenvalue weighted by atomic mass is 10.1. The lowest BCUT2D eigenvalue weighted by molar-refractivity contribution is -0.422. The number of rotatable bonds is 3. The molecule has 0 amide bonds. The number of benzene rings is 1. The quantitative estimate of drug-likeness (QED) is 0.522. The van der Waals surface area contributed by atoms with Crippen LogP contribution >= 0.6 is 0 Å². The van der Waals surface area contributed by atoms with Gasteiger partial charge in [0, 0.05) is 35.7 Å². The molecule has 0 radical (unpaired) electrons. The molecular weight excluding hydrogens is 248 g/mol. The van der Waals surface area contributed by atoms with E-state index in [1.54, 1.807) is 24.4 Å². The number of carbonyl (C=O) groups is 1. The van der Waals surface area contributed by atoms with Crippen LogP contribution in [0.25, 0.3) is 17.0 Å². The number of fused-ring (bicyclic) bond motifs is 1. The molecule has 0 fully saturated rings. The first-order valence-corrected chi connectivity index (χ1v) is 5.55. The van der Waals surface area contributed by atoms with Crippen molar-refractivity contribution in [3.05, 3.63) is 51.3 Å². The van der Waals surface area contributed by atoms with Crippen molar-refractivity contribution in [1.82, 2.24) is 4.98 Å². The minimum absolute atomic E-state index is 0.0318. The molecule has 0 saturated carbocycles. The molecule has 1 N–H and O–H groups in total. The summed E-state index contributed by atoms with van der Waals surface area (Å²) in [5.74, 6) is -0.441. The number of carbonyl (C=O) groups excluding carboxylic acids is 1. The summed E-state index contributed by atoms with van der Waals surface area (Å²) >= 11 is 0. The summed E-state index contributed by atoms with van der Waals surface area (Å²) in [5, 5.41) is 11.4. The van der Waals surface area contributed by atoms with Gasteiger partial charge in [0.25, 0.3) is 0 Å². The maximum atomic E-state index is 11.5. The number of hydrogen-bond acceptors (Lipinski definition) is 4. The van der Waals surface area contributed by atoms with E-state index in [0.29, 0.717) is 11.1 Å². The number of nitro groups is 1. The zero-order chi connectivity index (χ0) is 14.0. The molecule has 1 aromatic carbocycles. The molecule has 0 unspecified atom stereocenters. The number of nitrogens with zero attached hydrogens (tertiary/aromatic N) is 1. The SMILES string of the molecule is COC(=O)c1ccc2[nH]cc(/C=C(\C)[N+](=O)[O-])c2c1. The number of nitrogens with one attached hydrogen (secondary N) is 1. The summed E-state index contributed by atoms with van der Waals surface area (Å²) in [6.07, 6.45) is 3.12. The van der Waals surface area contributed by atoms with E-state index in [-0.39, 0.29) is 5.70 Å². The first-order valence-electron chi connectivity index (χ1n) is 5.55. The number of aromatic nitrogens is 1. The lowest BCUT2D eigenvalue weighted by Gasteiger charge is -1.99. The molecule has 6 heteroatoms. The Kier molecular flexibility index (Phi) is 3.33. The number of hydrogen-bond donors (Lipinski definition) is 1. The number of aromatic amines is 1. The van der Waals surface area contributed by atoms with Gasteiger partial charge < -0.3 is 9.72 Å². The van der Waals surface area contributed by atoms with Crippen LogP contribution in [0.4, 0.5) is 0 Å². The minimum atomic E-state index is -0.455. The Balaban J connectivity index is 2.55. The highest BCUT2D eigenvalue weighted by Gasteiger charge is 2.10. The second-order valence-electron chi connectivity index (χ2n) is 4.04. The normalized spacial score (nSPS) is 11.6. The largest absolute Gasteiger partial charge is 0.465 e. The summed E-state index contributed by atoms with van der Waals surface area (Å²) in [5.41, 5.74) is 1.90. The van der Waals surface area contributed by atoms with Crippen LogP contribution in [0.15, 0.2) is 30.1 Å². The molecule has 0 bridgehead atoms. The van der Waals surface area contributed by atoms with E-state index >= 15 is 0 Å². The molecule has 1 aromatic heterocycles. The molecule has 0 atom stereocenters. The van der Waals surface area contributed by atoms with Gasteiger partial charge in [-0.1, -0.05) is 0 Å². The summed E-state index contributed by atoms with van der Waals surface area (Å²) in [6, 6.07) is 5.02. The van der Waals surface area contributed by atoms with Crippen LogP contribution in [0.3, 0.4) is 0 Å². The van der Waals surface area contributed by atoms with E-state index in [4.69, 9.17) is 0 Å². The molecule has 19 heavy (non-hydrogen) atoms. The predicted octanol–water partition coefficient (Wildman–Crippen LogP) is 2.59. The van der Waals surface area contributed by atoms with Crippen molar-refractivity contribution in [2.45, 2.75) is 6.92 Å².